The summed E-state index contributed by atoms with van der Waals surface area (Å²) in [5.74, 6) is 1.23. The molecule has 230 valence electrons. The first-order chi connectivity index (χ1) is 20.9. The molecular formula is C38H47FO4. The number of aliphatic hydroxyl groups is 1. The van der Waals surface area contributed by atoms with Gasteiger partial charge in [0.2, 0.25) is 0 Å². The van der Waals surface area contributed by atoms with E-state index in [-0.39, 0.29) is 25.6 Å². The second-order valence-electron chi connectivity index (χ2n) is 12.0. The minimum Gasteiger partial charge on any atom is -0.489 e. The lowest BCUT2D eigenvalue weighted by atomic mass is 9.77. The maximum atomic E-state index is 15.6. The minimum absolute atomic E-state index is 0.0593. The van der Waals surface area contributed by atoms with Gasteiger partial charge in [-0.25, -0.2) is 9.18 Å². The summed E-state index contributed by atoms with van der Waals surface area (Å²) in [4.78, 5) is 11.7. The normalized spacial score (nSPS) is 16.6. The zero-order chi connectivity index (χ0) is 30.6. The summed E-state index contributed by atoms with van der Waals surface area (Å²) in [7, 11) is 0. The van der Waals surface area contributed by atoms with Crippen molar-refractivity contribution >= 4 is 5.97 Å². The zero-order valence-corrected chi connectivity index (χ0v) is 25.9. The minimum atomic E-state index is -0.472. The molecule has 3 aromatic rings. The van der Waals surface area contributed by atoms with Gasteiger partial charge in [-0.1, -0.05) is 87.7 Å². The molecule has 1 aliphatic rings. The molecule has 0 aromatic heterocycles. The number of carbonyl (C=O) groups is 1. The number of aryl methyl sites for hydroxylation is 1. The summed E-state index contributed by atoms with van der Waals surface area (Å²) in [6.07, 6.45) is 11.9. The average molecular weight is 587 g/mol. The molecule has 1 N–H and O–H groups in total. The van der Waals surface area contributed by atoms with E-state index in [1.807, 2.05) is 24.3 Å². The van der Waals surface area contributed by atoms with Crippen LogP contribution in [0.3, 0.4) is 0 Å². The predicted molar refractivity (Wildman–Crippen MR) is 173 cm³/mol. The molecule has 0 atom stereocenters. The van der Waals surface area contributed by atoms with E-state index in [2.05, 4.69) is 37.8 Å². The third-order valence-corrected chi connectivity index (χ3v) is 8.63. The fourth-order valence-corrected chi connectivity index (χ4v) is 6.08. The highest BCUT2D eigenvalue weighted by molar-refractivity contribution is 5.86. The Bertz CT molecular complexity index is 1340. The highest BCUT2D eigenvalue weighted by atomic mass is 19.1. The van der Waals surface area contributed by atoms with Crippen LogP contribution in [0.15, 0.2) is 72.8 Å². The Hall–Kier alpha value is -3.44. The predicted octanol–water partition coefficient (Wildman–Crippen LogP) is 9.44. The van der Waals surface area contributed by atoms with Crippen LogP contribution in [0.2, 0.25) is 0 Å². The first-order valence-electron chi connectivity index (χ1n) is 16.0. The molecule has 0 radical (unpaired) electrons. The number of hydrogen-bond donors (Lipinski definition) is 1. The van der Waals surface area contributed by atoms with Gasteiger partial charge in [0.15, 0.2) is 0 Å². The van der Waals surface area contributed by atoms with Crippen molar-refractivity contribution < 1.29 is 23.8 Å². The van der Waals surface area contributed by atoms with Crippen molar-refractivity contribution in [1.29, 1.82) is 0 Å². The van der Waals surface area contributed by atoms with E-state index >= 15 is 4.39 Å². The van der Waals surface area contributed by atoms with E-state index in [4.69, 9.17) is 9.47 Å². The van der Waals surface area contributed by atoms with Crippen LogP contribution in [-0.2, 0) is 16.0 Å². The highest BCUT2D eigenvalue weighted by Gasteiger charge is 2.22. The van der Waals surface area contributed by atoms with Gasteiger partial charge < -0.3 is 14.6 Å². The van der Waals surface area contributed by atoms with E-state index < -0.39 is 5.97 Å². The summed E-state index contributed by atoms with van der Waals surface area (Å²) in [6, 6.07) is 19.7. The summed E-state index contributed by atoms with van der Waals surface area (Å²) in [5.41, 5.74) is 5.60. The molecule has 1 aliphatic carbocycles. The molecule has 0 amide bonds. The fourth-order valence-electron chi connectivity index (χ4n) is 6.08. The summed E-state index contributed by atoms with van der Waals surface area (Å²) >= 11 is 0. The number of ether oxygens (including phenoxy) is 2. The summed E-state index contributed by atoms with van der Waals surface area (Å²) in [6.45, 7) is 7.72. The molecule has 43 heavy (non-hydrogen) atoms. The standard InChI is InChI=1S/C38H47FO4/c1-4-5-6-8-28-10-13-30(14-11-28)31-15-17-32(18-16-31)33-19-21-34(36(39)26-33)35-20-12-29(9-7-22-40)25-37(35)42-23-24-43-38(41)27(2)3/h12,15-21,25-26,28,30,40H,2,4-11,13-14,22-24H2,1,3H3. The van der Waals surface area contributed by atoms with E-state index in [0.29, 0.717) is 41.2 Å². The second kappa shape index (κ2) is 16.4. The number of unbranched alkanes of at least 4 members (excludes halogenated alkanes) is 2. The SMILES string of the molecule is C=C(C)C(=O)OCCOc1cc(CCCO)ccc1-c1ccc(-c2ccc(C3CCC(CCCCC)CC3)cc2)cc1F. The number of benzene rings is 3. The van der Waals surface area contributed by atoms with Gasteiger partial charge in [-0.3, -0.25) is 0 Å². The Morgan fingerprint density at radius 3 is 2.30 bits per heavy atom. The Balaban J connectivity index is 1.45. The monoisotopic (exact) mass is 586 g/mol. The molecule has 0 aliphatic heterocycles. The van der Waals surface area contributed by atoms with Crippen molar-refractivity contribution in [3.8, 4) is 28.0 Å². The highest BCUT2D eigenvalue weighted by Crippen LogP contribution is 2.39. The number of hydrogen-bond acceptors (Lipinski definition) is 4. The van der Waals surface area contributed by atoms with Crippen molar-refractivity contribution in [2.75, 3.05) is 19.8 Å². The van der Waals surface area contributed by atoms with Crippen LogP contribution in [-0.4, -0.2) is 30.9 Å². The van der Waals surface area contributed by atoms with Crippen LogP contribution in [0.25, 0.3) is 22.3 Å². The number of rotatable bonds is 15. The molecule has 4 nitrogen and oxygen atoms in total. The number of aliphatic hydroxyl groups excluding tert-OH is 1. The maximum Gasteiger partial charge on any atom is 0.333 e. The van der Waals surface area contributed by atoms with Gasteiger partial charge >= 0.3 is 5.97 Å². The molecule has 0 heterocycles. The van der Waals surface area contributed by atoms with E-state index in [9.17, 15) is 9.90 Å². The molecule has 0 unspecified atom stereocenters. The Labute approximate surface area is 256 Å². The Morgan fingerprint density at radius 2 is 1.63 bits per heavy atom. The van der Waals surface area contributed by atoms with Gasteiger partial charge in [0.25, 0.3) is 0 Å². The van der Waals surface area contributed by atoms with Crippen LogP contribution < -0.4 is 4.74 Å². The van der Waals surface area contributed by atoms with Gasteiger partial charge in [0.1, 0.15) is 24.8 Å². The molecule has 4 rings (SSSR count). The van der Waals surface area contributed by atoms with Crippen LogP contribution in [0.5, 0.6) is 5.75 Å². The van der Waals surface area contributed by atoms with E-state index in [1.54, 1.807) is 19.1 Å². The van der Waals surface area contributed by atoms with Crippen LogP contribution in [0.1, 0.15) is 88.7 Å². The van der Waals surface area contributed by atoms with Gasteiger partial charge in [0, 0.05) is 23.3 Å². The number of halogens is 1. The maximum absolute atomic E-state index is 15.6. The van der Waals surface area contributed by atoms with Crippen LogP contribution >= 0.6 is 0 Å². The first-order valence-corrected chi connectivity index (χ1v) is 16.0. The topological polar surface area (TPSA) is 55.8 Å². The van der Waals surface area contributed by atoms with Crippen molar-refractivity contribution in [2.45, 2.75) is 84.0 Å². The Morgan fingerprint density at radius 1 is 0.907 bits per heavy atom. The molecular weight excluding hydrogens is 539 g/mol. The smallest absolute Gasteiger partial charge is 0.333 e. The molecule has 1 saturated carbocycles. The fraction of sp³-hybridized carbons (Fsp3) is 0.447. The molecule has 0 bridgehead atoms. The summed E-state index contributed by atoms with van der Waals surface area (Å²) in [5, 5.41) is 9.24. The van der Waals surface area contributed by atoms with Gasteiger partial charge in [-0.15, -0.1) is 0 Å². The lowest BCUT2D eigenvalue weighted by molar-refractivity contribution is -0.139. The lowest BCUT2D eigenvalue weighted by Gasteiger charge is -2.29. The van der Waals surface area contributed by atoms with E-state index in [1.165, 1.54) is 56.9 Å². The molecule has 3 aromatic carbocycles. The first kappa shape index (κ1) is 32.5. The third kappa shape index (κ3) is 9.27. The number of esters is 1. The molecule has 5 heteroatoms. The van der Waals surface area contributed by atoms with Gasteiger partial charge in [-0.2, -0.15) is 0 Å². The molecule has 0 saturated heterocycles. The van der Waals surface area contributed by atoms with Crippen LogP contribution in [0, 0.1) is 11.7 Å². The summed E-state index contributed by atoms with van der Waals surface area (Å²) < 4.78 is 26.8. The molecule has 1 fully saturated rings. The third-order valence-electron chi connectivity index (χ3n) is 8.63. The van der Waals surface area contributed by atoms with Crippen LogP contribution in [0.4, 0.5) is 4.39 Å². The number of carbonyl (C=O) groups excluding carboxylic acids is 1. The average Bonchev–Trinajstić information content (AvgIpc) is 3.02. The van der Waals surface area contributed by atoms with E-state index in [0.717, 1.165) is 22.6 Å². The zero-order valence-electron chi connectivity index (χ0n) is 25.9. The second-order valence-corrected chi connectivity index (χ2v) is 12.0. The quantitative estimate of drug-likeness (QED) is 0.109. The van der Waals surface area contributed by atoms with Crippen molar-refractivity contribution in [3.05, 3.63) is 89.8 Å². The lowest BCUT2D eigenvalue weighted by Crippen LogP contribution is -2.13. The van der Waals surface area contributed by atoms with Crippen molar-refractivity contribution in [3.63, 3.8) is 0 Å². The van der Waals surface area contributed by atoms with Gasteiger partial charge in [-0.05, 0) is 91.7 Å². The molecule has 0 spiro atoms. The Kier molecular flexibility index (Phi) is 12.4. The van der Waals surface area contributed by atoms with Crippen molar-refractivity contribution in [2.24, 2.45) is 5.92 Å². The van der Waals surface area contributed by atoms with Gasteiger partial charge in [0.05, 0.1) is 0 Å². The largest absolute Gasteiger partial charge is 0.489 e. The van der Waals surface area contributed by atoms with Crippen molar-refractivity contribution in [1.82, 2.24) is 0 Å².